The quantitative estimate of drug-likeness (QED) is 0.727. The minimum absolute atomic E-state index is 1.00. The lowest BCUT2D eigenvalue weighted by Gasteiger charge is -2.10. The Hall–Kier alpha value is -1.54. The number of ether oxygens (including phenoxy) is 1. The Kier molecular flexibility index (Phi) is 6.55. The molecule has 1 aliphatic carbocycles. The molecule has 114 valence electrons. The van der Waals surface area contributed by atoms with Crippen LogP contribution in [0.3, 0.4) is 0 Å². The number of nitrogens with one attached hydrogen (secondary N) is 1. The molecule has 2 nitrogen and oxygen atoms in total. The highest BCUT2D eigenvalue weighted by molar-refractivity contribution is 5.37. The van der Waals surface area contributed by atoms with Gasteiger partial charge in [0.05, 0.1) is 7.11 Å². The van der Waals surface area contributed by atoms with Crippen LogP contribution in [0.2, 0.25) is 0 Å². The summed E-state index contributed by atoms with van der Waals surface area (Å²) in [6.07, 6.45) is 12.5. The third-order valence-corrected chi connectivity index (χ3v) is 3.98. The first-order chi connectivity index (χ1) is 10.3. The van der Waals surface area contributed by atoms with E-state index in [0.29, 0.717) is 0 Å². The Morgan fingerprint density at radius 3 is 2.71 bits per heavy atom. The van der Waals surface area contributed by atoms with Gasteiger partial charge >= 0.3 is 0 Å². The molecule has 0 fully saturated rings. The molecule has 1 aliphatic rings. The Bertz CT molecular complexity index is 502. The molecule has 0 saturated heterocycles. The maximum atomic E-state index is 5.37. The van der Waals surface area contributed by atoms with E-state index in [2.05, 4.69) is 48.7 Å². The summed E-state index contributed by atoms with van der Waals surface area (Å²) in [6.45, 7) is 4.27. The van der Waals surface area contributed by atoms with Crippen LogP contribution >= 0.6 is 0 Å². The molecule has 1 N–H and O–H groups in total. The average Bonchev–Trinajstić information content (AvgIpc) is 2.55. The molecule has 0 amide bonds. The van der Waals surface area contributed by atoms with Gasteiger partial charge in [0.1, 0.15) is 5.75 Å². The van der Waals surface area contributed by atoms with Crippen LogP contribution in [-0.4, -0.2) is 20.2 Å². The Balaban J connectivity index is 1.71. The topological polar surface area (TPSA) is 21.3 Å². The van der Waals surface area contributed by atoms with Crippen molar-refractivity contribution >= 4 is 0 Å². The molecule has 0 spiro atoms. The average molecular weight is 285 g/mol. The van der Waals surface area contributed by atoms with Crippen LogP contribution in [0.4, 0.5) is 0 Å². The lowest BCUT2D eigenvalue weighted by Crippen LogP contribution is -2.19. The smallest absolute Gasteiger partial charge is 0.122 e. The highest BCUT2D eigenvalue weighted by Crippen LogP contribution is 2.20. The number of rotatable bonds is 8. The van der Waals surface area contributed by atoms with Gasteiger partial charge in [0.15, 0.2) is 0 Å². The number of benzene rings is 1. The molecular formula is C19H27NO. The van der Waals surface area contributed by atoms with Crippen LogP contribution in [-0.2, 0) is 12.8 Å². The van der Waals surface area contributed by atoms with Crippen molar-refractivity contribution in [1.29, 1.82) is 0 Å². The van der Waals surface area contributed by atoms with E-state index in [-0.39, 0.29) is 0 Å². The molecule has 0 saturated carbocycles. The Labute approximate surface area is 128 Å². The molecule has 2 rings (SSSR count). The van der Waals surface area contributed by atoms with Gasteiger partial charge in [0.2, 0.25) is 0 Å². The van der Waals surface area contributed by atoms with Gasteiger partial charge < -0.3 is 10.1 Å². The van der Waals surface area contributed by atoms with Gasteiger partial charge in [-0.25, -0.2) is 0 Å². The SMILES string of the molecule is CCc1cc(CCNCCC2=CCCC=C2)ccc1OC. The van der Waals surface area contributed by atoms with Crippen LogP contribution in [0.15, 0.2) is 42.0 Å². The molecule has 0 atom stereocenters. The van der Waals surface area contributed by atoms with Crippen LogP contribution in [0.1, 0.15) is 37.3 Å². The summed E-state index contributed by atoms with van der Waals surface area (Å²) in [5.74, 6) is 1.00. The molecule has 1 aromatic carbocycles. The molecule has 0 unspecified atom stereocenters. The fourth-order valence-corrected chi connectivity index (χ4v) is 2.71. The summed E-state index contributed by atoms with van der Waals surface area (Å²) < 4.78 is 5.37. The van der Waals surface area contributed by atoms with Gasteiger partial charge in [0, 0.05) is 0 Å². The molecule has 0 aliphatic heterocycles. The minimum Gasteiger partial charge on any atom is -0.496 e. The highest BCUT2D eigenvalue weighted by Gasteiger charge is 2.02. The maximum absolute atomic E-state index is 5.37. The van der Waals surface area contributed by atoms with Gasteiger partial charge in [-0.15, -0.1) is 0 Å². The number of allylic oxidation sites excluding steroid dienone is 3. The van der Waals surface area contributed by atoms with Gasteiger partial charge in [-0.05, 0) is 62.4 Å². The molecule has 0 bridgehead atoms. The monoisotopic (exact) mass is 285 g/mol. The zero-order chi connectivity index (χ0) is 14.9. The van der Waals surface area contributed by atoms with E-state index in [9.17, 15) is 0 Å². The first-order valence-corrected chi connectivity index (χ1v) is 8.05. The highest BCUT2D eigenvalue weighted by atomic mass is 16.5. The summed E-state index contributed by atoms with van der Waals surface area (Å²) in [4.78, 5) is 0. The lowest BCUT2D eigenvalue weighted by molar-refractivity contribution is 0.410. The van der Waals surface area contributed by atoms with Crippen molar-refractivity contribution in [3.63, 3.8) is 0 Å². The fourth-order valence-electron chi connectivity index (χ4n) is 2.71. The van der Waals surface area contributed by atoms with E-state index in [1.54, 1.807) is 7.11 Å². The molecule has 0 radical (unpaired) electrons. The normalized spacial score (nSPS) is 14.1. The van der Waals surface area contributed by atoms with Gasteiger partial charge in [-0.1, -0.05) is 42.9 Å². The second-order valence-electron chi connectivity index (χ2n) is 5.51. The van der Waals surface area contributed by atoms with E-state index in [1.165, 1.54) is 29.5 Å². The van der Waals surface area contributed by atoms with Crippen molar-refractivity contribution in [2.45, 2.75) is 39.0 Å². The van der Waals surface area contributed by atoms with Gasteiger partial charge in [-0.3, -0.25) is 0 Å². The number of hydrogen-bond acceptors (Lipinski definition) is 2. The minimum atomic E-state index is 1.00. The molecule has 2 heteroatoms. The van der Waals surface area contributed by atoms with E-state index in [0.717, 1.165) is 38.1 Å². The molecule has 0 heterocycles. The van der Waals surface area contributed by atoms with Crippen molar-refractivity contribution in [3.8, 4) is 5.75 Å². The third-order valence-electron chi connectivity index (χ3n) is 3.98. The largest absolute Gasteiger partial charge is 0.496 e. The first kappa shape index (κ1) is 15.8. The van der Waals surface area contributed by atoms with E-state index in [1.807, 2.05) is 0 Å². The summed E-state index contributed by atoms with van der Waals surface area (Å²) >= 11 is 0. The Morgan fingerprint density at radius 1 is 1.14 bits per heavy atom. The molecule has 21 heavy (non-hydrogen) atoms. The second kappa shape index (κ2) is 8.68. The second-order valence-corrected chi connectivity index (χ2v) is 5.51. The maximum Gasteiger partial charge on any atom is 0.122 e. The molecular weight excluding hydrogens is 258 g/mol. The van der Waals surface area contributed by atoms with Crippen molar-refractivity contribution in [2.75, 3.05) is 20.2 Å². The van der Waals surface area contributed by atoms with Gasteiger partial charge in [0.25, 0.3) is 0 Å². The summed E-state index contributed by atoms with van der Waals surface area (Å²) in [7, 11) is 1.74. The van der Waals surface area contributed by atoms with Crippen molar-refractivity contribution in [1.82, 2.24) is 5.32 Å². The molecule has 0 aromatic heterocycles. The van der Waals surface area contributed by atoms with Crippen molar-refractivity contribution < 1.29 is 4.74 Å². The fraction of sp³-hybridized carbons (Fsp3) is 0.474. The van der Waals surface area contributed by atoms with Crippen molar-refractivity contribution in [3.05, 3.63) is 53.1 Å². The number of aryl methyl sites for hydroxylation is 1. The predicted molar refractivity (Wildman–Crippen MR) is 90.0 cm³/mol. The van der Waals surface area contributed by atoms with Crippen LogP contribution < -0.4 is 10.1 Å². The van der Waals surface area contributed by atoms with Crippen LogP contribution in [0.25, 0.3) is 0 Å². The van der Waals surface area contributed by atoms with E-state index < -0.39 is 0 Å². The van der Waals surface area contributed by atoms with Crippen LogP contribution in [0.5, 0.6) is 5.75 Å². The zero-order valence-corrected chi connectivity index (χ0v) is 13.3. The standard InChI is InChI=1S/C19H27NO/c1-3-18-15-17(9-10-19(18)21-2)12-14-20-13-11-16-7-5-4-6-8-16/h5,7-10,15,20H,3-4,6,11-14H2,1-2H3. The predicted octanol–water partition coefficient (Wildman–Crippen LogP) is 4.06. The van der Waals surface area contributed by atoms with E-state index >= 15 is 0 Å². The van der Waals surface area contributed by atoms with Crippen LogP contribution in [0, 0.1) is 0 Å². The van der Waals surface area contributed by atoms with Crippen molar-refractivity contribution in [2.24, 2.45) is 0 Å². The summed E-state index contributed by atoms with van der Waals surface area (Å²) in [5, 5.41) is 3.54. The number of methoxy groups -OCH3 is 1. The lowest BCUT2D eigenvalue weighted by atomic mass is 10.0. The first-order valence-electron chi connectivity index (χ1n) is 8.05. The summed E-state index contributed by atoms with van der Waals surface area (Å²) in [5.41, 5.74) is 4.16. The third kappa shape index (κ3) is 5.05. The zero-order valence-electron chi connectivity index (χ0n) is 13.3. The summed E-state index contributed by atoms with van der Waals surface area (Å²) in [6, 6.07) is 6.53. The Morgan fingerprint density at radius 2 is 2.00 bits per heavy atom. The number of hydrogen-bond donors (Lipinski definition) is 1. The van der Waals surface area contributed by atoms with E-state index in [4.69, 9.17) is 4.74 Å². The molecule has 1 aromatic rings. The van der Waals surface area contributed by atoms with Gasteiger partial charge in [-0.2, -0.15) is 0 Å².